The van der Waals surface area contributed by atoms with Crippen molar-refractivity contribution in [2.45, 2.75) is 39.5 Å². The number of hydrogen-bond acceptors (Lipinski definition) is 8. The highest BCUT2D eigenvalue weighted by atomic mass is 32.2. The fourth-order valence-electron chi connectivity index (χ4n) is 3.70. The van der Waals surface area contributed by atoms with Gasteiger partial charge in [0.15, 0.2) is 5.82 Å². The highest BCUT2D eigenvalue weighted by Gasteiger charge is 2.21. The average Bonchev–Trinajstić information content (AvgIpc) is 3.18. The quantitative estimate of drug-likeness (QED) is 0.309. The Kier molecular flexibility index (Phi) is 7.63. The maximum absolute atomic E-state index is 13.1. The maximum Gasteiger partial charge on any atom is 0.265 e. The Morgan fingerprint density at radius 3 is 2.22 bits per heavy atom. The second kappa shape index (κ2) is 10.9. The number of anilines is 1. The van der Waals surface area contributed by atoms with Crippen molar-refractivity contribution in [1.29, 1.82) is 0 Å². The van der Waals surface area contributed by atoms with Gasteiger partial charge in [-0.1, -0.05) is 0 Å². The number of nitrogens with zero attached hydrogens (tertiary/aromatic N) is 4. The van der Waals surface area contributed by atoms with Gasteiger partial charge < -0.3 is 14.2 Å². The van der Waals surface area contributed by atoms with Gasteiger partial charge in [-0.25, -0.2) is 18.1 Å². The van der Waals surface area contributed by atoms with Crippen molar-refractivity contribution in [1.82, 2.24) is 19.7 Å². The van der Waals surface area contributed by atoms with E-state index in [1.165, 1.54) is 6.07 Å². The molecule has 4 aromatic rings. The monoisotopic (exact) mass is 523 g/mol. The number of aromatic nitrogens is 4. The number of nitrogens with one attached hydrogen (secondary N) is 1. The minimum atomic E-state index is -3.92. The molecular formula is C26H29N5O5S. The van der Waals surface area contributed by atoms with Gasteiger partial charge in [0.2, 0.25) is 5.88 Å². The molecule has 4 rings (SSSR count). The Balaban J connectivity index is 1.52. The van der Waals surface area contributed by atoms with Crippen LogP contribution in [0.4, 0.5) is 5.69 Å². The van der Waals surface area contributed by atoms with Crippen LogP contribution in [0.25, 0.3) is 5.82 Å². The van der Waals surface area contributed by atoms with Gasteiger partial charge in [-0.3, -0.25) is 4.72 Å². The average molecular weight is 524 g/mol. The zero-order chi connectivity index (χ0) is 26.6. The molecule has 2 aromatic carbocycles. The molecular weight excluding hydrogens is 494 g/mol. The lowest BCUT2D eigenvalue weighted by Crippen LogP contribution is -2.14. The van der Waals surface area contributed by atoms with Gasteiger partial charge in [-0.05, 0) is 77.1 Å². The minimum absolute atomic E-state index is 0.0197. The van der Waals surface area contributed by atoms with E-state index in [0.29, 0.717) is 47.9 Å². The van der Waals surface area contributed by atoms with E-state index in [2.05, 4.69) is 19.8 Å². The Morgan fingerprint density at radius 1 is 0.865 bits per heavy atom. The predicted octanol–water partition coefficient (Wildman–Crippen LogP) is 4.98. The first-order valence-electron chi connectivity index (χ1n) is 11.8. The lowest BCUT2D eigenvalue weighted by Gasteiger charge is -2.14. The molecule has 2 heterocycles. The Morgan fingerprint density at radius 2 is 1.57 bits per heavy atom. The normalized spacial score (nSPS) is 11.3. The second-order valence-electron chi connectivity index (χ2n) is 8.16. The van der Waals surface area contributed by atoms with Crippen LogP contribution >= 0.6 is 0 Å². The molecule has 0 aliphatic rings. The lowest BCUT2D eigenvalue weighted by atomic mass is 10.3. The van der Waals surface area contributed by atoms with Gasteiger partial charge >= 0.3 is 0 Å². The summed E-state index contributed by atoms with van der Waals surface area (Å²) < 4.78 is 47.4. The predicted molar refractivity (Wildman–Crippen MR) is 139 cm³/mol. The Labute approximate surface area is 216 Å². The van der Waals surface area contributed by atoms with E-state index in [4.69, 9.17) is 14.2 Å². The summed E-state index contributed by atoms with van der Waals surface area (Å²) in [5.41, 5.74) is 2.19. The zero-order valence-electron chi connectivity index (χ0n) is 21.3. The summed E-state index contributed by atoms with van der Waals surface area (Å²) >= 11 is 0. The lowest BCUT2D eigenvalue weighted by molar-refractivity contribution is 0.317. The third-order valence-corrected chi connectivity index (χ3v) is 6.59. The minimum Gasteiger partial charge on any atom is -0.494 e. The van der Waals surface area contributed by atoms with E-state index >= 15 is 0 Å². The summed E-state index contributed by atoms with van der Waals surface area (Å²) in [7, 11) is -3.92. The number of hydrogen-bond donors (Lipinski definition) is 1. The molecule has 37 heavy (non-hydrogen) atoms. The first kappa shape index (κ1) is 26.0. The van der Waals surface area contributed by atoms with E-state index in [1.54, 1.807) is 61.0 Å². The number of aryl methyl sites for hydroxylation is 3. The van der Waals surface area contributed by atoms with E-state index in [9.17, 15) is 8.42 Å². The van der Waals surface area contributed by atoms with Crippen molar-refractivity contribution in [3.63, 3.8) is 0 Å². The van der Waals surface area contributed by atoms with Crippen molar-refractivity contribution in [2.75, 3.05) is 17.9 Å². The van der Waals surface area contributed by atoms with Gasteiger partial charge in [0.1, 0.15) is 28.0 Å². The third-order valence-electron chi connectivity index (χ3n) is 5.17. The van der Waals surface area contributed by atoms with Crippen LogP contribution in [0.5, 0.6) is 23.1 Å². The van der Waals surface area contributed by atoms with Gasteiger partial charge in [-0.15, -0.1) is 0 Å². The highest BCUT2D eigenvalue weighted by molar-refractivity contribution is 7.92. The summed E-state index contributed by atoms with van der Waals surface area (Å²) in [6.45, 7) is 10.1. The molecule has 0 atom stereocenters. The first-order chi connectivity index (χ1) is 17.7. The standard InChI is InChI=1S/C26H29N5O5S/c1-6-34-22-12-13-24(23(15-22)35-7-2)37(32,33)30-20-8-10-21(11-9-20)36-26-16-25(27-19(5)28-26)31-18(4)14-17(3)29-31/h8-16,30H,6-7H2,1-5H3. The molecule has 0 saturated heterocycles. The zero-order valence-corrected chi connectivity index (χ0v) is 22.2. The number of benzene rings is 2. The molecule has 0 amide bonds. The summed E-state index contributed by atoms with van der Waals surface area (Å²) in [4.78, 5) is 8.82. The van der Waals surface area contributed by atoms with Crippen molar-refractivity contribution < 1.29 is 22.6 Å². The number of rotatable bonds is 10. The molecule has 0 aliphatic carbocycles. The van der Waals surface area contributed by atoms with Crippen molar-refractivity contribution in [3.8, 4) is 28.9 Å². The summed E-state index contributed by atoms with van der Waals surface area (Å²) in [5, 5.41) is 4.46. The van der Waals surface area contributed by atoms with E-state index < -0.39 is 10.0 Å². The highest BCUT2D eigenvalue weighted by Crippen LogP contribution is 2.31. The van der Waals surface area contributed by atoms with Crippen molar-refractivity contribution in [3.05, 3.63) is 71.8 Å². The van der Waals surface area contributed by atoms with Crippen molar-refractivity contribution in [2.24, 2.45) is 0 Å². The van der Waals surface area contributed by atoms with Crippen LogP contribution in [-0.2, 0) is 10.0 Å². The topological polar surface area (TPSA) is 117 Å². The van der Waals surface area contributed by atoms with Crippen LogP contribution in [0.1, 0.15) is 31.1 Å². The first-order valence-corrected chi connectivity index (χ1v) is 13.3. The smallest absolute Gasteiger partial charge is 0.265 e. The van der Waals surface area contributed by atoms with Crippen LogP contribution in [0.15, 0.2) is 59.5 Å². The summed E-state index contributed by atoms with van der Waals surface area (Å²) in [5.74, 6) is 2.71. The number of ether oxygens (including phenoxy) is 3. The van der Waals surface area contributed by atoms with Gasteiger partial charge in [0.25, 0.3) is 10.0 Å². The number of sulfonamides is 1. The van der Waals surface area contributed by atoms with Gasteiger partial charge in [0.05, 0.1) is 18.9 Å². The molecule has 194 valence electrons. The Bertz CT molecular complexity index is 1500. The molecule has 0 radical (unpaired) electrons. The molecule has 0 spiro atoms. The third kappa shape index (κ3) is 6.18. The van der Waals surface area contributed by atoms with Gasteiger partial charge in [0, 0.05) is 23.5 Å². The summed E-state index contributed by atoms with van der Waals surface area (Å²) in [6, 6.07) is 14.8. The molecule has 1 N–H and O–H groups in total. The molecule has 2 aromatic heterocycles. The molecule has 11 heteroatoms. The fraction of sp³-hybridized carbons (Fsp3) is 0.269. The van der Waals surface area contributed by atoms with E-state index in [-0.39, 0.29) is 10.6 Å². The molecule has 0 bridgehead atoms. The van der Waals surface area contributed by atoms with Gasteiger partial charge in [-0.2, -0.15) is 10.1 Å². The molecule has 10 nitrogen and oxygen atoms in total. The van der Waals surface area contributed by atoms with Crippen LogP contribution in [0, 0.1) is 20.8 Å². The van der Waals surface area contributed by atoms with Crippen LogP contribution in [0.3, 0.4) is 0 Å². The van der Waals surface area contributed by atoms with E-state index in [0.717, 1.165) is 11.4 Å². The van der Waals surface area contributed by atoms with Crippen LogP contribution < -0.4 is 18.9 Å². The summed E-state index contributed by atoms with van der Waals surface area (Å²) in [6.07, 6.45) is 0. The molecule has 0 fully saturated rings. The molecule has 0 unspecified atom stereocenters. The maximum atomic E-state index is 13.1. The van der Waals surface area contributed by atoms with Crippen molar-refractivity contribution >= 4 is 15.7 Å². The Hall–Kier alpha value is -4.12. The van der Waals surface area contributed by atoms with E-state index in [1.807, 2.05) is 26.8 Å². The largest absolute Gasteiger partial charge is 0.494 e. The SMILES string of the molecule is CCOc1ccc(S(=O)(=O)Nc2ccc(Oc3cc(-n4nc(C)cc4C)nc(C)n3)cc2)c(OCC)c1. The van der Waals surface area contributed by atoms with Crippen LogP contribution in [0.2, 0.25) is 0 Å². The molecule has 0 saturated carbocycles. The fourth-order valence-corrected chi connectivity index (χ4v) is 4.89. The second-order valence-corrected chi connectivity index (χ2v) is 9.81. The molecule has 0 aliphatic heterocycles. The van der Waals surface area contributed by atoms with Crippen LogP contribution in [-0.4, -0.2) is 41.4 Å².